The van der Waals surface area contributed by atoms with Crippen LogP contribution in [-0.2, 0) is 6.54 Å². The molecule has 1 aromatic rings. The molecule has 0 saturated carbocycles. The number of hydrogen-bond acceptors (Lipinski definition) is 3. The maximum atomic E-state index is 5.69. The number of thioether (sulfide) groups is 1. The van der Waals surface area contributed by atoms with E-state index in [1.165, 1.54) is 5.56 Å². The van der Waals surface area contributed by atoms with Gasteiger partial charge in [0.2, 0.25) is 0 Å². The highest BCUT2D eigenvalue weighted by atomic mass is 79.9. The van der Waals surface area contributed by atoms with Crippen LogP contribution in [0.1, 0.15) is 26.3 Å². The molecule has 0 saturated heterocycles. The Morgan fingerprint density at radius 2 is 2.06 bits per heavy atom. The standard InChI is InChI=1S/C14H22BrNOS/c1-14(2,3)16-10-11-5-6-13(12(15)9-11)17-7-8-18-4/h5-6,9,16H,7-8,10H2,1-4H3. The van der Waals surface area contributed by atoms with Gasteiger partial charge in [-0.15, -0.1) is 0 Å². The summed E-state index contributed by atoms with van der Waals surface area (Å²) < 4.78 is 6.71. The summed E-state index contributed by atoms with van der Waals surface area (Å²) in [7, 11) is 0. The van der Waals surface area contributed by atoms with Crippen molar-refractivity contribution >= 4 is 27.7 Å². The van der Waals surface area contributed by atoms with Gasteiger partial charge in [-0.25, -0.2) is 0 Å². The molecule has 2 nitrogen and oxygen atoms in total. The topological polar surface area (TPSA) is 21.3 Å². The highest BCUT2D eigenvalue weighted by Gasteiger charge is 2.09. The summed E-state index contributed by atoms with van der Waals surface area (Å²) in [6, 6.07) is 6.26. The first-order valence-corrected chi connectivity index (χ1v) is 8.26. The minimum absolute atomic E-state index is 0.139. The maximum absolute atomic E-state index is 5.69. The summed E-state index contributed by atoms with van der Waals surface area (Å²) in [6.45, 7) is 8.12. The molecule has 0 radical (unpaired) electrons. The van der Waals surface area contributed by atoms with E-state index in [-0.39, 0.29) is 5.54 Å². The van der Waals surface area contributed by atoms with Crippen LogP contribution < -0.4 is 10.1 Å². The van der Waals surface area contributed by atoms with Gasteiger partial charge < -0.3 is 10.1 Å². The molecule has 1 rings (SSSR count). The molecule has 0 bridgehead atoms. The Morgan fingerprint density at radius 1 is 1.33 bits per heavy atom. The average molecular weight is 332 g/mol. The minimum Gasteiger partial charge on any atom is -0.492 e. The summed E-state index contributed by atoms with van der Waals surface area (Å²) in [5.74, 6) is 1.93. The molecule has 102 valence electrons. The van der Waals surface area contributed by atoms with Gasteiger partial charge in [0.05, 0.1) is 11.1 Å². The Hall–Kier alpha value is -0.190. The SMILES string of the molecule is CSCCOc1ccc(CNC(C)(C)C)cc1Br. The summed E-state index contributed by atoms with van der Waals surface area (Å²) in [5.41, 5.74) is 1.40. The van der Waals surface area contributed by atoms with Gasteiger partial charge in [-0.3, -0.25) is 0 Å². The van der Waals surface area contributed by atoms with Crippen molar-refractivity contribution in [3.8, 4) is 5.75 Å². The first-order valence-electron chi connectivity index (χ1n) is 6.07. The van der Waals surface area contributed by atoms with E-state index in [1.807, 2.05) is 6.07 Å². The fourth-order valence-electron chi connectivity index (χ4n) is 1.37. The molecule has 0 aliphatic rings. The van der Waals surface area contributed by atoms with E-state index in [2.05, 4.69) is 60.4 Å². The molecule has 4 heteroatoms. The fraction of sp³-hybridized carbons (Fsp3) is 0.571. The highest BCUT2D eigenvalue weighted by Crippen LogP contribution is 2.26. The first-order chi connectivity index (χ1) is 8.42. The molecule has 1 aromatic carbocycles. The molecule has 0 aliphatic heterocycles. The Balaban J connectivity index is 2.56. The van der Waals surface area contributed by atoms with Gasteiger partial charge in [-0.05, 0) is 60.7 Å². The van der Waals surface area contributed by atoms with Crippen LogP contribution in [0.3, 0.4) is 0 Å². The van der Waals surface area contributed by atoms with Crippen molar-refractivity contribution in [2.24, 2.45) is 0 Å². The monoisotopic (exact) mass is 331 g/mol. The molecule has 0 heterocycles. The summed E-state index contributed by atoms with van der Waals surface area (Å²) in [6.07, 6.45) is 2.08. The van der Waals surface area contributed by atoms with Crippen LogP contribution in [0.15, 0.2) is 22.7 Å². The molecule has 0 aromatic heterocycles. The largest absolute Gasteiger partial charge is 0.492 e. The Morgan fingerprint density at radius 3 is 2.61 bits per heavy atom. The van der Waals surface area contributed by atoms with Crippen LogP contribution in [0, 0.1) is 0 Å². The maximum Gasteiger partial charge on any atom is 0.133 e. The van der Waals surface area contributed by atoms with Gasteiger partial charge in [0.15, 0.2) is 0 Å². The predicted molar refractivity (Wildman–Crippen MR) is 84.6 cm³/mol. The third-order valence-corrected chi connectivity index (χ3v) is 3.56. The van der Waals surface area contributed by atoms with Crippen LogP contribution in [-0.4, -0.2) is 24.2 Å². The Bertz CT molecular complexity index is 377. The molecular weight excluding hydrogens is 310 g/mol. The van der Waals surface area contributed by atoms with Gasteiger partial charge in [-0.1, -0.05) is 6.07 Å². The summed E-state index contributed by atoms with van der Waals surface area (Å²) in [4.78, 5) is 0. The predicted octanol–water partition coefficient (Wildman–Crippen LogP) is 4.08. The Kier molecular flexibility index (Phi) is 6.53. The number of benzene rings is 1. The molecule has 0 aliphatic carbocycles. The number of rotatable bonds is 6. The Labute approximate surface area is 123 Å². The number of hydrogen-bond donors (Lipinski definition) is 1. The smallest absolute Gasteiger partial charge is 0.133 e. The quantitative estimate of drug-likeness (QED) is 0.793. The van der Waals surface area contributed by atoms with Gasteiger partial charge in [0.1, 0.15) is 5.75 Å². The van der Waals surface area contributed by atoms with Crippen LogP contribution in [0.4, 0.5) is 0 Å². The van der Waals surface area contributed by atoms with Gasteiger partial charge >= 0.3 is 0 Å². The zero-order valence-corrected chi connectivity index (χ0v) is 14.0. The van der Waals surface area contributed by atoms with Crippen molar-refractivity contribution in [2.75, 3.05) is 18.6 Å². The third-order valence-electron chi connectivity index (χ3n) is 2.36. The van der Waals surface area contributed by atoms with E-state index in [0.29, 0.717) is 0 Å². The normalized spacial score (nSPS) is 11.6. The van der Waals surface area contributed by atoms with Crippen molar-refractivity contribution in [2.45, 2.75) is 32.9 Å². The summed E-state index contributed by atoms with van der Waals surface area (Å²) in [5, 5.41) is 3.47. The molecule has 0 fully saturated rings. The highest BCUT2D eigenvalue weighted by molar-refractivity contribution is 9.10. The van der Waals surface area contributed by atoms with Crippen molar-refractivity contribution in [3.05, 3.63) is 28.2 Å². The molecule has 0 spiro atoms. The number of nitrogens with one attached hydrogen (secondary N) is 1. The summed E-state index contributed by atoms with van der Waals surface area (Å²) >= 11 is 5.35. The molecule has 0 unspecified atom stereocenters. The second-order valence-corrected chi connectivity index (χ2v) is 7.05. The molecule has 0 atom stereocenters. The minimum atomic E-state index is 0.139. The van der Waals surface area contributed by atoms with Gasteiger partial charge in [0, 0.05) is 17.8 Å². The molecule has 0 amide bonds. The molecule has 1 N–H and O–H groups in total. The lowest BCUT2D eigenvalue weighted by atomic mass is 10.1. The fourth-order valence-corrected chi connectivity index (χ4v) is 2.16. The molecular formula is C14H22BrNOS. The van der Waals surface area contributed by atoms with E-state index >= 15 is 0 Å². The average Bonchev–Trinajstić information content (AvgIpc) is 2.28. The van der Waals surface area contributed by atoms with Crippen LogP contribution in [0.5, 0.6) is 5.75 Å². The van der Waals surface area contributed by atoms with Crippen molar-refractivity contribution < 1.29 is 4.74 Å². The van der Waals surface area contributed by atoms with E-state index < -0.39 is 0 Å². The van der Waals surface area contributed by atoms with E-state index in [9.17, 15) is 0 Å². The van der Waals surface area contributed by atoms with Crippen molar-refractivity contribution in [3.63, 3.8) is 0 Å². The van der Waals surface area contributed by atoms with E-state index in [1.54, 1.807) is 11.8 Å². The first kappa shape index (κ1) is 15.9. The third kappa shape index (κ3) is 6.12. The lowest BCUT2D eigenvalue weighted by Gasteiger charge is -2.20. The lowest BCUT2D eigenvalue weighted by Crippen LogP contribution is -2.35. The van der Waals surface area contributed by atoms with Crippen LogP contribution >= 0.6 is 27.7 Å². The lowest BCUT2D eigenvalue weighted by molar-refractivity contribution is 0.341. The number of halogens is 1. The van der Waals surface area contributed by atoms with Gasteiger partial charge in [0.25, 0.3) is 0 Å². The van der Waals surface area contributed by atoms with Crippen molar-refractivity contribution in [1.82, 2.24) is 5.32 Å². The number of ether oxygens (including phenoxy) is 1. The van der Waals surface area contributed by atoms with Crippen LogP contribution in [0.25, 0.3) is 0 Å². The zero-order chi connectivity index (χ0) is 13.6. The van der Waals surface area contributed by atoms with E-state index in [0.717, 1.165) is 29.1 Å². The second kappa shape index (κ2) is 7.41. The van der Waals surface area contributed by atoms with E-state index in [4.69, 9.17) is 4.74 Å². The molecule has 18 heavy (non-hydrogen) atoms. The van der Waals surface area contributed by atoms with Crippen molar-refractivity contribution in [1.29, 1.82) is 0 Å². The van der Waals surface area contributed by atoms with Gasteiger partial charge in [-0.2, -0.15) is 11.8 Å². The zero-order valence-electron chi connectivity index (χ0n) is 11.5. The van der Waals surface area contributed by atoms with Crippen LogP contribution in [0.2, 0.25) is 0 Å². The second-order valence-electron chi connectivity index (χ2n) is 5.21.